The summed E-state index contributed by atoms with van der Waals surface area (Å²) < 4.78 is 39.6. The smallest absolute Gasteiger partial charge is 0.215 e. The molecule has 0 amide bonds. The van der Waals surface area contributed by atoms with Gasteiger partial charge >= 0.3 is 0 Å². The van der Waals surface area contributed by atoms with E-state index >= 15 is 0 Å². The third-order valence-electron chi connectivity index (χ3n) is 3.64. The van der Waals surface area contributed by atoms with Crippen molar-refractivity contribution in [2.45, 2.75) is 6.54 Å². The van der Waals surface area contributed by atoms with Gasteiger partial charge in [-0.2, -0.15) is 11.8 Å². The Bertz CT molecular complexity index is 661. The molecule has 0 saturated carbocycles. The van der Waals surface area contributed by atoms with Crippen LogP contribution < -0.4 is 10.6 Å². The van der Waals surface area contributed by atoms with E-state index in [1.54, 1.807) is 41.3 Å². The number of benzene rings is 1. The van der Waals surface area contributed by atoms with Gasteiger partial charge < -0.3 is 10.6 Å². The lowest BCUT2D eigenvalue weighted by Gasteiger charge is -2.25. The lowest BCUT2D eigenvalue weighted by Crippen LogP contribution is -2.44. The molecule has 1 aromatic carbocycles. The number of halogens is 1. The van der Waals surface area contributed by atoms with Crippen molar-refractivity contribution in [2.24, 2.45) is 4.99 Å². The number of thioether (sulfide) groups is 1. The van der Waals surface area contributed by atoms with Crippen LogP contribution in [-0.2, 0) is 16.6 Å². The van der Waals surface area contributed by atoms with E-state index in [1.165, 1.54) is 6.07 Å². The third-order valence-corrected chi connectivity index (χ3v) is 6.46. The Morgan fingerprint density at radius 3 is 2.67 bits per heavy atom. The van der Waals surface area contributed by atoms with E-state index in [0.29, 0.717) is 24.6 Å². The predicted molar refractivity (Wildman–Crippen MR) is 97.3 cm³/mol. The van der Waals surface area contributed by atoms with Crippen molar-refractivity contribution in [3.05, 3.63) is 35.6 Å². The number of rotatable bonds is 6. The van der Waals surface area contributed by atoms with Gasteiger partial charge in [0.25, 0.3) is 0 Å². The molecule has 1 aromatic rings. The standard InChI is InChI=1S/C15H23FN4O2S2/c1-17-15(19-12-13-4-2-3-5-14(13)16)18-6-11-24(21,22)20-7-9-23-10-8-20/h2-5H,6-12H2,1H3,(H2,17,18,19). The van der Waals surface area contributed by atoms with Crippen molar-refractivity contribution < 1.29 is 12.8 Å². The maximum absolute atomic E-state index is 13.6. The highest BCUT2D eigenvalue weighted by Crippen LogP contribution is 2.13. The SMILES string of the molecule is CN=C(NCCS(=O)(=O)N1CCSCC1)NCc1ccccc1F. The Kier molecular flexibility index (Phi) is 7.32. The van der Waals surface area contributed by atoms with Gasteiger partial charge in [0.2, 0.25) is 10.0 Å². The number of aliphatic imine (C=N–C) groups is 1. The minimum atomic E-state index is -3.25. The molecule has 0 aliphatic carbocycles. The molecule has 0 radical (unpaired) electrons. The first kappa shape index (κ1) is 19.0. The lowest BCUT2D eigenvalue weighted by atomic mass is 10.2. The van der Waals surface area contributed by atoms with Crippen molar-refractivity contribution >= 4 is 27.7 Å². The predicted octanol–water partition coefficient (Wildman–Crippen LogP) is 0.869. The average Bonchev–Trinajstić information content (AvgIpc) is 2.60. The molecule has 1 saturated heterocycles. The van der Waals surface area contributed by atoms with Crippen LogP contribution in [0.3, 0.4) is 0 Å². The van der Waals surface area contributed by atoms with Crippen LogP contribution in [0.4, 0.5) is 4.39 Å². The van der Waals surface area contributed by atoms with Crippen LogP contribution in [0.1, 0.15) is 5.56 Å². The van der Waals surface area contributed by atoms with Crippen LogP contribution in [0.2, 0.25) is 0 Å². The molecule has 9 heteroatoms. The van der Waals surface area contributed by atoms with E-state index in [0.717, 1.165) is 11.5 Å². The maximum atomic E-state index is 13.6. The van der Waals surface area contributed by atoms with E-state index in [9.17, 15) is 12.8 Å². The highest BCUT2D eigenvalue weighted by molar-refractivity contribution is 7.99. The molecular weight excluding hydrogens is 351 g/mol. The van der Waals surface area contributed by atoms with Crippen molar-refractivity contribution in [2.75, 3.05) is 43.9 Å². The van der Waals surface area contributed by atoms with E-state index in [-0.39, 0.29) is 24.7 Å². The van der Waals surface area contributed by atoms with Crippen molar-refractivity contribution in [3.8, 4) is 0 Å². The Morgan fingerprint density at radius 1 is 1.29 bits per heavy atom. The molecule has 1 aliphatic rings. The number of hydrogen-bond donors (Lipinski definition) is 2. The van der Waals surface area contributed by atoms with Gasteiger partial charge in [0.05, 0.1) is 5.75 Å². The highest BCUT2D eigenvalue weighted by Gasteiger charge is 2.23. The largest absolute Gasteiger partial charge is 0.355 e. The number of hydrogen-bond acceptors (Lipinski definition) is 4. The van der Waals surface area contributed by atoms with Crippen molar-refractivity contribution in [1.29, 1.82) is 0 Å². The van der Waals surface area contributed by atoms with E-state index in [1.807, 2.05) is 0 Å². The summed E-state index contributed by atoms with van der Waals surface area (Å²) in [6, 6.07) is 6.49. The molecule has 1 heterocycles. The lowest BCUT2D eigenvalue weighted by molar-refractivity contribution is 0.443. The summed E-state index contributed by atoms with van der Waals surface area (Å²) in [4.78, 5) is 4.03. The molecule has 0 atom stereocenters. The molecule has 1 aliphatic heterocycles. The van der Waals surface area contributed by atoms with Gasteiger partial charge in [0, 0.05) is 50.3 Å². The monoisotopic (exact) mass is 374 g/mol. The molecule has 2 N–H and O–H groups in total. The second kappa shape index (κ2) is 9.24. The Hall–Kier alpha value is -1.32. The zero-order valence-electron chi connectivity index (χ0n) is 13.7. The maximum Gasteiger partial charge on any atom is 0.215 e. The summed E-state index contributed by atoms with van der Waals surface area (Å²) >= 11 is 1.77. The van der Waals surface area contributed by atoms with E-state index in [2.05, 4.69) is 15.6 Å². The summed E-state index contributed by atoms with van der Waals surface area (Å²) in [5.74, 6) is 1.86. The first-order chi connectivity index (χ1) is 11.5. The van der Waals surface area contributed by atoms with Gasteiger partial charge in [-0.1, -0.05) is 18.2 Å². The van der Waals surface area contributed by atoms with Gasteiger partial charge in [-0.25, -0.2) is 17.1 Å². The first-order valence-electron chi connectivity index (χ1n) is 7.76. The zero-order chi connectivity index (χ0) is 17.4. The molecule has 0 spiro atoms. The normalized spacial score (nSPS) is 16.8. The van der Waals surface area contributed by atoms with Gasteiger partial charge in [-0.15, -0.1) is 0 Å². The highest BCUT2D eigenvalue weighted by atomic mass is 32.2. The molecule has 134 valence electrons. The third kappa shape index (κ3) is 5.64. The van der Waals surface area contributed by atoms with Crippen LogP contribution >= 0.6 is 11.8 Å². The fourth-order valence-electron chi connectivity index (χ4n) is 2.29. The summed E-state index contributed by atoms with van der Waals surface area (Å²) in [5, 5.41) is 5.94. The number of nitrogens with zero attached hydrogens (tertiary/aromatic N) is 2. The molecule has 0 bridgehead atoms. The zero-order valence-corrected chi connectivity index (χ0v) is 15.3. The molecule has 6 nitrogen and oxygen atoms in total. The van der Waals surface area contributed by atoms with Crippen molar-refractivity contribution in [3.63, 3.8) is 0 Å². The molecule has 0 aromatic heterocycles. The second-order valence-electron chi connectivity index (χ2n) is 5.27. The van der Waals surface area contributed by atoms with E-state index < -0.39 is 10.0 Å². The van der Waals surface area contributed by atoms with Crippen LogP contribution in [0.25, 0.3) is 0 Å². The fourth-order valence-corrected chi connectivity index (χ4v) is 4.78. The molecule has 2 rings (SSSR count). The van der Waals surface area contributed by atoms with Crippen LogP contribution in [0.5, 0.6) is 0 Å². The number of guanidine groups is 1. The molecule has 24 heavy (non-hydrogen) atoms. The quantitative estimate of drug-likeness (QED) is 0.571. The Labute approximate surface area is 147 Å². The van der Waals surface area contributed by atoms with Crippen LogP contribution in [0.15, 0.2) is 29.3 Å². The average molecular weight is 375 g/mol. The van der Waals surface area contributed by atoms with Crippen molar-refractivity contribution in [1.82, 2.24) is 14.9 Å². The number of sulfonamides is 1. The summed E-state index contributed by atoms with van der Waals surface area (Å²) in [6.07, 6.45) is 0. The summed E-state index contributed by atoms with van der Waals surface area (Å²) in [6.45, 7) is 1.69. The Balaban J connectivity index is 1.78. The minimum Gasteiger partial charge on any atom is -0.355 e. The Morgan fingerprint density at radius 2 is 2.00 bits per heavy atom. The van der Waals surface area contributed by atoms with Crippen LogP contribution in [0, 0.1) is 5.82 Å². The second-order valence-corrected chi connectivity index (χ2v) is 8.58. The van der Waals surface area contributed by atoms with Gasteiger partial charge in [-0.05, 0) is 6.07 Å². The minimum absolute atomic E-state index is 0.0120. The topological polar surface area (TPSA) is 73.8 Å². The molecule has 0 unspecified atom stereocenters. The molecular formula is C15H23FN4O2S2. The fraction of sp³-hybridized carbons (Fsp3) is 0.533. The van der Waals surface area contributed by atoms with Gasteiger partial charge in [0.15, 0.2) is 5.96 Å². The van der Waals surface area contributed by atoms with E-state index in [4.69, 9.17) is 0 Å². The summed E-state index contributed by atoms with van der Waals surface area (Å²) in [5.41, 5.74) is 0.527. The molecule has 1 fully saturated rings. The van der Waals surface area contributed by atoms with Gasteiger partial charge in [-0.3, -0.25) is 4.99 Å². The summed E-state index contributed by atoms with van der Waals surface area (Å²) in [7, 11) is -1.66. The van der Waals surface area contributed by atoms with Gasteiger partial charge in [0.1, 0.15) is 5.82 Å². The van der Waals surface area contributed by atoms with Crippen LogP contribution in [-0.4, -0.2) is 62.6 Å². The number of nitrogens with one attached hydrogen (secondary N) is 2. The first-order valence-corrected chi connectivity index (χ1v) is 10.5.